The van der Waals surface area contributed by atoms with Crippen LogP contribution >= 0.6 is 11.6 Å². The van der Waals surface area contributed by atoms with Gasteiger partial charge in [-0.05, 0) is 31.4 Å². The predicted molar refractivity (Wildman–Crippen MR) is 74.9 cm³/mol. The van der Waals surface area contributed by atoms with E-state index in [2.05, 4.69) is 4.98 Å². The Labute approximate surface area is 112 Å². The number of nitrogen functional groups attached to an aromatic ring is 1. The van der Waals surface area contributed by atoms with Crippen molar-refractivity contribution in [3.63, 3.8) is 0 Å². The molecule has 2 aromatic rings. The number of nitrogens with zero attached hydrogens (tertiary/aromatic N) is 2. The molecule has 0 saturated carbocycles. The van der Waals surface area contributed by atoms with Gasteiger partial charge < -0.3 is 15.0 Å². The van der Waals surface area contributed by atoms with E-state index in [1.54, 1.807) is 7.11 Å². The molecule has 2 N–H and O–H groups in total. The highest BCUT2D eigenvalue weighted by Gasteiger charge is 2.09. The first-order chi connectivity index (χ1) is 8.74. The number of nitrogens with two attached hydrogens (primary N) is 1. The van der Waals surface area contributed by atoms with Gasteiger partial charge in [0, 0.05) is 20.3 Å². The van der Waals surface area contributed by atoms with Crippen molar-refractivity contribution in [3.05, 3.63) is 23.2 Å². The summed E-state index contributed by atoms with van der Waals surface area (Å²) >= 11 is 6.10. The van der Waals surface area contributed by atoms with E-state index < -0.39 is 0 Å². The molecule has 98 valence electrons. The number of methoxy groups -OCH3 is 1. The monoisotopic (exact) mass is 267 g/mol. The van der Waals surface area contributed by atoms with Crippen molar-refractivity contribution in [2.75, 3.05) is 19.5 Å². The normalized spacial score (nSPS) is 11.2. The Kier molecular flexibility index (Phi) is 4.44. The van der Waals surface area contributed by atoms with Gasteiger partial charge in [0.05, 0.1) is 10.5 Å². The first kappa shape index (κ1) is 13.2. The summed E-state index contributed by atoms with van der Waals surface area (Å²) in [6, 6.07) is 5.76. The lowest BCUT2D eigenvalue weighted by atomic mass is 10.2. The molecule has 0 aliphatic rings. The Bertz CT molecular complexity index is 524. The molecule has 0 aliphatic carbocycles. The average molecular weight is 268 g/mol. The van der Waals surface area contributed by atoms with Gasteiger partial charge in [0.15, 0.2) is 0 Å². The van der Waals surface area contributed by atoms with E-state index in [1.165, 1.54) is 0 Å². The lowest BCUT2D eigenvalue weighted by Gasteiger charge is -2.06. The van der Waals surface area contributed by atoms with Crippen molar-refractivity contribution in [3.8, 4) is 0 Å². The summed E-state index contributed by atoms with van der Waals surface area (Å²) in [5, 5.41) is 0.650. The van der Waals surface area contributed by atoms with Crippen molar-refractivity contribution < 1.29 is 4.74 Å². The van der Waals surface area contributed by atoms with Crippen LogP contribution in [0.15, 0.2) is 18.2 Å². The quantitative estimate of drug-likeness (QED) is 0.819. The van der Waals surface area contributed by atoms with E-state index >= 15 is 0 Å². The molecule has 1 aromatic heterocycles. The molecule has 0 saturated heterocycles. The highest BCUT2D eigenvalue weighted by molar-refractivity contribution is 6.35. The number of imidazole rings is 1. The van der Waals surface area contributed by atoms with Crippen LogP contribution in [-0.4, -0.2) is 23.3 Å². The average Bonchev–Trinajstić information content (AvgIpc) is 2.68. The standard InChI is InChI=1S/C13H18ClN3O/c1-18-9-4-2-3-8-17-11-7-5-6-10(14)12(11)16-13(17)15/h5-7H,2-4,8-9H2,1H3,(H2,15,16). The van der Waals surface area contributed by atoms with Crippen LogP contribution in [0.4, 0.5) is 5.95 Å². The van der Waals surface area contributed by atoms with Crippen LogP contribution in [0.3, 0.4) is 0 Å². The Balaban J connectivity index is 2.08. The lowest BCUT2D eigenvalue weighted by molar-refractivity contribution is 0.191. The largest absolute Gasteiger partial charge is 0.385 e. The van der Waals surface area contributed by atoms with Gasteiger partial charge in [0.25, 0.3) is 0 Å². The molecule has 2 rings (SSSR count). The van der Waals surface area contributed by atoms with E-state index in [0.717, 1.165) is 43.4 Å². The SMILES string of the molecule is COCCCCCn1c(N)nc2c(Cl)cccc21. The predicted octanol–water partition coefficient (Wildman–Crippen LogP) is 3.09. The third kappa shape index (κ3) is 2.76. The molecular weight excluding hydrogens is 250 g/mol. The third-order valence-electron chi connectivity index (χ3n) is 2.99. The fourth-order valence-electron chi connectivity index (χ4n) is 2.06. The highest BCUT2D eigenvalue weighted by Crippen LogP contribution is 2.25. The van der Waals surface area contributed by atoms with Gasteiger partial charge >= 0.3 is 0 Å². The number of benzene rings is 1. The molecule has 0 aliphatic heterocycles. The number of unbranched alkanes of at least 4 members (excludes halogenated alkanes) is 2. The number of hydrogen-bond acceptors (Lipinski definition) is 3. The zero-order valence-electron chi connectivity index (χ0n) is 10.5. The van der Waals surface area contributed by atoms with Crippen LogP contribution in [-0.2, 0) is 11.3 Å². The number of aryl methyl sites for hydroxylation is 1. The summed E-state index contributed by atoms with van der Waals surface area (Å²) in [5.74, 6) is 0.532. The lowest BCUT2D eigenvalue weighted by Crippen LogP contribution is -2.03. The number of ether oxygens (including phenoxy) is 1. The van der Waals surface area contributed by atoms with Crippen LogP contribution in [0, 0.1) is 0 Å². The van der Waals surface area contributed by atoms with E-state index in [4.69, 9.17) is 22.1 Å². The topological polar surface area (TPSA) is 53.1 Å². The number of rotatable bonds is 6. The molecule has 0 bridgehead atoms. The molecular formula is C13H18ClN3O. The van der Waals surface area contributed by atoms with E-state index in [-0.39, 0.29) is 0 Å². The number of anilines is 1. The number of fused-ring (bicyclic) bond motifs is 1. The molecule has 0 radical (unpaired) electrons. The Morgan fingerprint density at radius 3 is 2.94 bits per heavy atom. The van der Waals surface area contributed by atoms with Gasteiger partial charge in [-0.3, -0.25) is 0 Å². The summed E-state index contributed by atoms with van der Waals surface area (Å²) in [7, 11) is 1.73. The van der Waals surface area contributed by atoms with E-state index in [9.17, 15) is 0 Å². The van der Waals surface area contributed by atoms with Crippen LogP contribution in [0.25, 0.3) is 11.0 Å². The summed E-state index contributed by atoms with van der Waals surface area (Å²) in [6.45, 7) is 1.68. The fourth-order valence-corrected chi connectivity index (χ4v) is 2.27. The second-order valence-corrected chi connectivity index (χ2v) is 4.69. The summed E-state index contributed by atoms with van der Waals surface area (Å²) in [6.07, 6.45) is 3.25. The summed E-state index contributed by atoms with van der Waals surface area (Å²) in [4.78, 5) is 4.31. The Morgan fingerprint density at radius 1 is 1.33 bits per heavy atom. The zero-order valence-corrected chi connectivity index (χ0v) is 11.3. The molecule has 0 fully saturated rings. The first-order valence-corrected chi connectivity index (χ1v) is 6.51. The molecule has 0 spiro atoms. The second-order valence-electron chi connectivity index (χ2n) is 4.28. The van der Waals surface area contributed by atoms with Gasteiger partial charge in [-0.2, -0.15) is 0 Å². The number of para-hydroxylation sites is 1. The third-order valence-corrected chi connectivity index (χ3v) is 3.29. The number of halogens is 1. The highest BCUT2D eigenvalue weighted by atomic mass is 35.5. The minimum atomic E-state index is 0.532. The van der Waals surface area contributed by atoms with E-state index in [0.29, 0.717) is 11.0 Å². The van der Waals surface area contributed by atoms with Crippen LogP contribution < -0.4 is 5.73 Å². The maximum Gasteiger partial charge on any atom is 0.201 e. The van der Waals surface area contributed by atoms with Crippen LogP contribution in [0.2, 0.25) is 5.02 Å². The van der Waals surface area contributed by atoms with Crippen LogP contribution in [0.5, 0.6) is 0 Å². The molecule has 0 atom stereocenters. The maximum atomic E-state index is 6.10. The van der Waals surface area contributed by atoms with Gasteiger partial charge in [-0.1, -0.05) is 17.7 Å². The Morgan fingerprint density at radius 2 is 2.17 bits per heavy atom. The van der Waals surface area contributed by atoms with Crippen molar-refractivity contribution in [2.24, 2.45) is 0 Å². The van der Waals surface area contributed by atoms with Gasteiger partial charge in [0.1, 0.15) is 5.52 Å². The molecule has 0 amide bonds. The van der Waals surface area contributed by atoms with Crippen molar-refractivity contribution in [1.82, 2.24) is 9.55 Å². The first-order valence-electron chi connectivity index (χ1n) is 6.13. The number of hydrogen-bond donors (Lipinski definition) is 1. The van der Waals surface area contributed by atoms with Crippen molar-refractivity contribution >= 4 is 28.6 Å². The van der Waals surface area contributed by atoms with Gasteiger partial charge in [-0.15, -0.1) is 0 Å². The van der Waals surface area contributed by atoms with Crippen molar-refractivity contribution in [1.29, 1.82) is 0 Å². The minimum absolute atomic E-state index is 0.532. The molecule has 1 aromatic carbocycles. The molecule has 1 heterocycles. The number of aromatic nitrogens is 2. The molecule has 0 unspecified atom stereocenters. The summed E-state index contributed by atoms with van der Waals surface area (Å²) < 4.78 is 7.05. The minimum Gasteiger partial charge on any atom is -0.385 e. The Hall–Kier alpha value is -1.26. The van der Waals surface area contributed by atoms with Gasteiger partial charge in [-0.25, -0.2) is 4.98 Å². The van der Waals surface area contributed by atoms with Gasteiger partial charge in [0.2, 0.25) is 5.95 Å². The zero-order chi connectivity index (χ0) is 13.0. The molecule has 18 heavy (non-hydrogen) atoms. The van der Waals surface area contributed by atoms with Crippen molar-refractivity contribution in [2.45, 2.75) is 25.8 Å². The molecule has 5 heteroatoms. The van der Waals surface area contributed by atoms with Crippen LogP contribution in [0.1, 0.15) is 19.3 Å². The maximum absolute atomic E-state index is 6.10. The molecule has 4 nitrogen and oxygen atoms in total. The summed E-state index contributed by atoms with van der Waals surface area (Å²) in [5.41, 5.74) is 7.72. The van der Waals surface area contributed by atoms with E-state index in [1.807, 2.05) is 22.8 Å². The second kappa shape index (κ2) is 6.07. The fraction of sp³-hybridized carbons (Fsp3) is 0.462. The smallest absolute Gasteiger partial charge is 0.201 e.